The van der Waals surface area contributed by atoms with E-state index in [0.717, 1.165) is 5.92 Å². The lowest BCUT2D eigenvalue weighted by molar-refractivity contribution is -0.642. The Morgan fingerprint density at radius 3 is 2.68 bits per heavy atom. The van der Waals surface area contributed by atoms with E-state index in [2.05, 4.69) is 58.3 Å². The first-order chi connectivity index (χ1) is 10.4. The molecule has 3 rings (SSSR count). The van der Waals surface area contributed by atoms with E-state index in [4.69, 9.17) is 0 Å². The van der Waals surface area contributed by atoms with Crippen LogP contribution < -0.4 is 5.32 Å². The fourth-order valence-electron chi connectivity index (χ4n) is 5.71. The third-order valence-corrected chi connectivity index (χ3v) is 6.84. The maximum Gasteiger partial charge on any atom is 0.0810 e. The predicted molar refractivity (Wildman–Crippen MR) is 94.4 cm³/mol. The van der Waals surface area contributed by atoms with Gasteiger partial charge >= 0.3 is 0 Å². The molecule has 0 aromatic heterocycles. The van der Waals surface area contributed by atoms with Crippen LogP contribution in [0.4, 0.5) is 0 Å². The molecule has 0 aliphatic heterocycles. The molecule has 2 aliphatic carbocycles. The van der Waals surface area contributed by atoms with Crippen LogP contribution in [0.15, 0.2) is 18.2 Å². The van der Waals surface area contributed by atoms with Crippen LogP contribution in [0.3, 0.4) is 0 Å². The van der Waals surface area contributed by atoms with Crippen molar-refractivity contribution in [2.24, 2.45) is 11.3 Å². The third-order valence-electron chi connectivity index (χ3n) is 6.84. The maximum absolute atomic E-state index is 2.57. The monoisotopic (exact) mass is 300 g/mol. The zero-order chi connectivity index (χ0) is 16.0. The van der Waals surface area contributed by atoms with Gasteiger partial charge < -0.3 is 5.32 Å². The molecule has 2 aliphatic rings. The van der Waals surface area contributed by atoms with Gasteiger partial charge in [-0.3, -0.25) is 0 Å². The van der Waals surface area contributed by atoms with Gasteiger partial charge in [-0.25, -0.2) is 0 Å². The van der Waals surface area contributed by atoms with Crippen molar-refractivity contribution in [3.05, 3.63) is 34.9 Å². The summed E-state index contributed by atoms with van der Waals surface area (Å²) in [6.45, 7) is 11.0. The summed E-state index contributed by atoms with van der Waals surface area (Å²) in [6, 6.07) is 7.40. The highest BCUT2D eigenvalue weighted by Crippen LogP contribution is 2.56. The summed E-state index contributed by atoms with van der Waals surface area (Å²) in [5.74, 6) is 1.49. The average Bonchev–Trinajstić information content (AvgIpc) is 2.46. The molecule has 0 spiro atoms. The van der Waals surface area contributed by atoms with E-state index < -0.39 is 0 Å². The Kier molecular flexibility index (Phi) is 4.14. The van der Waals surface area contributed by atoms with Gasteiger partial charge in [0.05, 0.1) is 13.6 Å². The molecule has 1 aromatic carbocycles. The van der Waals surface area contributed by atoms with Crippen molar-refractivity contribution in [1.29, 1.82) is 0 Å². The standard InChI is InChI=1S/C21H33N/c1-15(2)16-7-9-18-17(13-16)8-10-19-20(3,14-22-5)11-6-12-21(18,19)4/h7,9,13,15,19,22H,6,8,10-12,14H2,1-5H3/p+1/t19-,20-,21+/m0/s1. The summed E-state index contributed by atoms with van der Waals surface area (Å²) in [5.41, 5.74) is 5.75. The van der Waals surface area contributed by atoms with E-state index in [0.29, 0.717) is 16.7 Å². The molecular weight excluding hydrogens is 266 g/mol. The Labute approximate surface area is 136 Å². The summed E-state index contributed by atoms with van der Waals surface area (Å²) in [4.78, 5) is 0. The first-order valence-corrected chi connectivity index (χ1v) is 9.32. The van der Waals surface area contributed by atoms with Gasteiger partial charge in [-0.15, -0.1) is 0 Å². The predicted octanol–water partition coefficient (Wildman–Crippen LogP) is 4.01. The zero-order valence-electron chi connectivity index (χ0n) is 15.2. The van der Waals surface area contributed by atoms with E-state index in [9.17, 15) is 0 Å². The van der Waals surface area contributed by atoms with Crippen molar-refractivity contribution in [2.75, 3.05) is 13.6 Å². The number of quaternary nitrogens is 1. The first-order valence-electron chi connectivity index (χ1n) is 9.32. The van der Waals surface area contributed by atoms with Crippen molar-refractivity contribution in [3.8, 4) is 0 Å². The van der Waals surface area contributed by atoms with E-state index in [1.165, 1.54) is 44.2 Å². The van der Waals surface area contributed by atoms with Crippen molar-refractivity contribution in [2.45, 2.75) is 71.1 Å². The highest BCUT2D eigenvalue weighted by atomic mass is 14.8. The molecule has 0 saturated heterocycles. The fraction of sp³-hybridized carbons (Fsp3) is 0.714. The van der Waals surface area contributed by atoms with Gasteiger partial charge in [0.1, 0.15) is 0 Å². The van der Waals surface area contributed by atoms with Gasteiger partial charge in [0.2, 0.25) is 0 Å². The molecule has 1 fully saturated rings. The molecule has 1 nitrogen and oxygen atoms in total. The zero-order valence-corrected chi connectivity index (χ0v) is 15.2. The van der Waals surface area contributed by atoms with Gasteiger partial charge in [-0.2, -0.15) is 0 Å². The second-order valence-electron chi connectivity index (χ2n) is 8.70. The lowest BCUT2D eigenvalue weighted by Crippen LogP contribution is -2.84. The number of rotatable bonds is 3. The second-order valence-corrected chi connectivity index (χ2v) is 8.70. The second kappa shape index (κ2) is 5.67. The summed E-state index contributed by atoms with van der Waals surface area (Å²) in [7, 11) is 2.24. The van der Waals surface area contributed by atoms with Crippen molar-refractivity contribution < 1.29 is 5.32 Å². The number of aryl methyl sites for hydroxylation is 1. The molecule has 0 amide bonds. The minimum atomic E-state index is 0.402. The van der Waals surface area contributed by atoms with Crippen LogP contribution in [0, 0.1) is 11.3 Å². The summed E-state index contributed by atoms with van der Waals surface area (Å²) in [5, 5.41) is 2.41. The molecule has 0 unspecified atom stereocenters. The van der Waals surface area contributed by atoms with Crippen LogP contribution in [-0.4, -0.2) is 13.6 Å². The quantitative estimate of drug-likeness (QED) is 0.868. The van der Waals surface area contributed by atoms with Gasteiger partial charge in [-0.1, -0.05) is 52.3 Å². The molecule has 122 valence electrons. The van der Waals surface area contributed by atoms with Gasteiger partial charge in [0, 0.05) is 5.41 Å². The van der Waals surface area contributed by atoms with E-state index in [1.54, 1.807) is 11.1 Å². The number of benzene rings is 1. The van der Waals surface area contributed by atoms with E-state index >= 15 is 0 Å². The largest absolute Gasteiger partial charge is 0.348 e. The molecule has 0 radical (unpaired) electrons. The fourth-order valence-corrected chi connectivity index (χ4v) is 5.71. The third kappa shape index (κ3) is 2.42. The molecule has 1 aromatic rings. The van der Waals surface area contributed by atoms with Gasteiger partial charge in [0.15, 0.2) is 0 Å². The molecule has 2 N–H and O–H groups in total. The van der Waals surface area contributed by atoms with Crippen LogP contribution >= 0.6 is 0 Å². The van der Waals surface area contributed by atoms with Crippen LogP contribution in [0.25, 0.3) is 0 Å². The topological polar surface area (TPSA) is 16.6 Å². The lowest BCUT2D eigenvalue weighted by Gasteiger charge is -2.54. The summed E-state index contributed by atoms with van der Waals surface area (Å²) in [6.07, 6.45) is 6.86. The minimum Gasteiger partial charge on any atom is -0.348 e. The summed E-state index contributed by atoms with van der Waals surface area (Å²) < 4.78 is 0. The number of nitrogens with two attached hydrogens (primary N) is 1. The molecule has 0 bridgehead atoms. The Morgan fingerprint density at radius 2 is 2.00 bits per heavy atom. The van der Waals surface area contributed by atoms with Crippen LogP contribution in [0.5, 0.6) is 0 Å². The number of hydrogen-bond acceptors (Lipinski definition) is 0. The SMILES string of the molecule is C[NH2+]C[C@]1(C)CCC[C@]2(C)c3ccc(C(C)C)cc3CC[C@@H]12. The van der Waals surface area contributed by atoms with Crippen LogP contribution in [-0.2, 0) is 11.8 Å². The van der Waals surface area contributed by atoms with E-state index in [1.807, 2.05) is 0 Å². The van der Waals surface area contributed by atoms with Gasteiger partial charge in [0.25, 0.3) is 0 Å². The summed E-state index contributed by atoms with van der Waals surface area (Å²) >= 11 is 0. The highest BCUT2D eigenvalue weighted by molar-refractivity contribution is 5.42. The van der Waals surface area contributed by atoms with Crippen molar-refractivity contribution >= 4 is 0 Å². The van der Waals surface area contributed by atoms with Crippen LogP contribution in [0.1, 0.15) is 76.0 Å². The maximum atomic E-state index is 2.57. The lowest BCUT2D eigenvalue weighted by atomic mass is 9.49. The Morgan fingerprint density at radius 1 is 1.23 bits per heavy atom. The molecular formula is C21H34N+. The minimum absolute atomic E-state index is 0.402. The average molecular weight is 301 g/mol. The van der Waals surface area contributed by atoms with Gasteiger partial charge in [-0.05, 0) is 59.6 Å². The van der Waals surface area contributed by atoms with E-state index in [-0.39, 0.29) is 0 Å². The number of fused-ring (bicyclic) bond motifs is 3. The molecule has 0 heterocycles. The Balaban J connectivity index is 2.02. The normalized spacial score (nSPS) is 34.4. The molecule has 1 heteroatoms. The number of hydrogen-bond donors (Lipinski definition) is 1. The molecule has 22 heavy (non-hydrogen) atoms. The first kappa shape index (κ1) is 16.1. The molecule has 3 atom stereocenters. The Hall–Kier alpha value is -0.820. The Bertz CT molecular complexity index is 543. The smallest absolute Gasteiger partial charge is 0.0810 e. The highest BCUT2D eigenvalue weighted by Gasteiger charge is 2.52. The van der Waals surface area contributed by atoms with Crippen molar-refractivity contribution in [3.63, 3.8) is 0 Å². The van der Waals surface area contributed by atoms with Crippen molar-refractivity contribution in [1.82, 2.24) is 0 Å². The molecule has 1 saturated carbocycles. The van der Waals surface area contributed by atoms with Crippen LogP contribution in [0.2, 0.25) is 0 Å².